The molecule has 0 saturated carbocycles. The quantitative estimate of drug-likeness (QED) is 0.518. The molecule has 0 saturated heterocycles. The zero-order chi connectivity index (χ0) is 15.1. The third-order valence-corrected chi connectivity index (χ3v) is 2.42. The molecule has 0 aliphatic heterocycles. The number of nitrogens with one attached hydrogen (secondary N) is 1. The van der Waals surface area contributed by atoms with E-state index in [4.69, 9.17) is 4.42 Å². The van der Waals surface area contributed by atoms with Crippen molar-refractivity contribution in [2.24, 2.45) is 5.10 Å². The van der Waals surface area contributed by atoms with E-state index in [0.29, 0.717) is 11.3 Å². The molecule has 2 rings (SSSR count). The Kier molecular flexibility index (Phi) is 4.60. The maximum absolute atomic E-state index is 11.6. The molecular weight excluding hydrogens is 274 g/mol. The number of furan rings is 1. The summed E-state index contributed by atoms with van der Waals surface area (Å²) in [6.45, 7) is 0. The lowest BCUT2D eigenvalue weighted by Gasteiger charge is -1.97. The molecule has 1 N–H and O–H groups in total. The van der Waals surface area contributed by atoms with Crippen LogP contribution in [0.5, 0.6) is 0 Å². The maximum atomic E-state index is 11.6. The third-order valence-electron chi connectivity index (χ3n) is 2.42. The number of amides is 1. The molecule has 1 aromatic heterocycles. The molecule has 0 aliphatic rings. The fourth-order valence-corrected chi connectivity index (χ4v) is 1.46. The van der Waals surface area contributed by atoms with Crippen LogP contribution in [-0.2, 0) is 0 Å². The Hall–Kier alpha value is -3.22. The van der Waals surface area contributed by atoms with Crippen LogP contribution in [0.3, 0.4) is 0 Å². The number of rotatable bonds is 5. The summed E-state index contributed by atoms with van der Waals surface area (Å²) in [6.07, 6.45) is 4.33. The predicted octanol–water partition coefficient (Wildman–Crippen LogP) is 2.62. The Bertz CT molecular complexity index is 689. The van der Waals surface area contributed by atoms with E-state index in [1.165, 1.54) is 30.5 Å². The number of carbonyl (C=O) groups excluding carboxylic acids is 1. The molecule has 2 aromatic rings. The van der Waals surface area contributed by atoms with Gasteiger partial charge in [0.25, 0.3) is 5.91 Å². The van der Waals surface area contributed by atoms with Gasteiger partial charge in [-0.3, -0.25) is 14.9 Å². The highest BCUT2D eigenvalue weighted by Gasteiger charge is 2.09. The van der Waals surface area contributed by atoms with Crippen LogP contribution in [0.1, 0.15) is 16.1 Å². The number of allylic oxidation sites excluding steroid dienone is 1. The molecule has 0 radical (unpaired) electrons. The molecule has 7 nitrogen and oxygen atoms in total. The minimum absolute atomic E-state index is 0.322. The fourth-order valence-electron chi connectivity index (χ4n) is 1.46. The van der Waals surface area contributed by atoms with Gasteiger partial charge >= 0.3 is 5.88 Å². The smallest absolute Gasteiger partial charge is 0.401 e. The van der Waals surface area contributed by atoms with Crippen molar-refractivity contribution in [3.8, 4) is 0 Å². The first kappa shape index (κ1) is 14.2. The summed E-state index contributed by atoms with van der Waals surface area (Å²) >= 11 is 0. The summed E-state index contributed by atoms with van der Waals surface area (Å²) in [6, 6.07) is 11.4. The summed E-state index contributed by atoms with van der Waals surface area (Å²) in [7, 11) is 0. The minimum atomic E-state index is -0.620. The van der Waals surface area contributed by atoms with Crippen LogP contribution in [0.2, 0.25) is 0 Å². The summed E-state index contributed by atoms with van der Waals surface area (Å²) in [5.74, 6) is -0.333. The maximum Gasteiger partial charge on any atom is 0.433 e. The van der Waals surface area contributed by atoms with E-state index in [9.17, 15) is 14.9 Å². The second kappa shape index (κ2) is 6.80. The lowest BCUT2D eigenvalue weighted by atomic mass is 10.2. The highest BCUT2D eigenvalue weighted by molar-refractivity contribution is 5.94. The van der Waals surface area contributed by atoms with E-state index in [0.717, 1.165) is 0 Å². The summed E-state index contributed by atoms with van der Waals surface area (Å²) in [4.78, 5) is 21.4. The van der Waals surface area contributed by atoms with Crippen molar-refractivity contribution in [1.82, 2.24) is 5.43 Å². The standard InChI is InChI=1S/C14H11N3O4/c18-14(11-5-2-1-3-6-11)16-15-10-4-7-12-8-9-13(21-12)17(19)20/h1-10H,(H,16,18). The van der Waals surface area contributed by atoms with Crippen molar-refractivity contribution in [3.05, 3.63) is 70.0 Å². The minimum Gasteiger partial charge on any atom is -0.401 e. The lowest BCUT2D eigenvalue weighted by molar-refractivity contribution is -0.402. The van der Waals surface area contributed by atoms with E-state index < -0.39 is 4.92 Å². The van der Waals surface area contributed by atoms with Crippen LogP contribution in [-0.4, -0.2) is 17.0 Å². The average molecular weight is 285 g/mol. The molecule has 0 atom stereocenters. The van der Waals surface area contributed by atoms with Crippen LogP contribution in [0.25, 0.3) is 6.08 Å². The first-order chi connectivity index (χ1) is 10.2. The van der Waals surface area contributed by atoms with E-state index in [1.807, 2.05) is 6.07 Å². The van der Waals surface area contributed by atoms with Crippen LogP contribution < -0.4 is 5.43 Å². The van der Waals surface area contributed by atoms with Crippen LogP contribution >= 0.6 is 0 Å². The normalized spacial score (nSPS) is 11.0. The largest absolute Gasteiger partial charge is 0.433 e. The van der Waals surface area contributed by atoms with E-state index in [1.54, 1.807) is 24.3 Å². The average Bonchev–Trinajstić information content (AvgIpc) is 2.97. The molecule has 7 heteroatoms. The first-order valence-corrected chi connectivity index (χ1v) is 5.96. The molecule has 0 aliphatic carbocycles. The fraction of sp³-hybridized carbons (Fsp3) is 0. The highest BCUT2D eigenvalue weighted by Crippen LogP contribution is 2.16. The van der Waals surface area contributed by atoms with Crippen molar-refractivity contribution in [3.63, 3.8) is 0 Å². The van der Waals surface area contributed by atoms with Crippen LogP contribution in [0.15, 0.2) is 58.1 Å². The SMILES string of the molecule is O=C(NN=CC=Cc1ccc([N+](=O)[O-])o1)c1ccccc1. The molecule has 106 valence electrons. The van der Waals surface area contributed by atoms with Gasteiger partial charge in [-0.25, -0.2) is 5.43 Å². The lowest BCUT2D eigenvalue weighted by Crippen LogP contribution is -2.16. The van der Waals surface area contributed by atoms with Gasteiger partial charge in [0.2, 0.25) is 0 Å². The first-order valence-electron chi connectivity index (χ1n) is 5.96. The van der Waals surface area contributed by atoms with E-state index in [2.05, 4.69) is 10.5 Å². The van der Waals surface area contributed by atoms with Crippen molar-refractivity contribution in [2.75, 3.05) is 0 Å². The third kappa shape index (κ3) is 4.13. The number of carbonyl (C=O) groups is 1. The van der Waals surface area contributed by atoms with Crippen LogP contribution in [0, 0.1) is 10.1 Å². The van der Waals surface area contributed by atoms with Gasteiger partial charge in [-0.15, -0.1) is 0 Å². The van der Waals surface area contributed by atoms with E-state index >= 15 is 0 Å². The van der Waals surface area contributed by atoms with Gasteiger partial charge in [-0.2, -0.15) is 5.10 Å². The van der Waals surface area contributed by atoms with Gasteiger partial charge in [-0.1, -0.05) is 18.2 Å². The Balaban J connectivity index is 1.86. The Morgan fingerprint density at radius 1 is 1.24 bits per heavy atom. The molecule has 1 aromatic carbocycles. The zero-order valence-electron chi connectivity index (χ0n) is 10.8. The summed E-state index contributed by atoms with van der Waals surface area (Å²) in [5.41, 5.74) is 2.85. The van der Waals surface area contributed by atoms with Crippen LogP contribution in [0.4, 0.5) is 5.88 Å². The monoisotopic (exact) mass is 285 g/mol. The van der Waals surface area contributed by atoms with Crippen molar-refractivity contribution in [2.45, 2.75) is 0 Å². The second-order valence-electron chi connectivity index (χ2n) is 3.88. The molecule has 0 fully saturated rings. The Morgan fingerprint density at radius 3 is 2.67 bits per heavy atom. The van der Waals surface area contributed by atoms with Gasteiger partial charge < -0.3 is 4.42 Å². The molecule has 0 bridgehead atoms. The van der Waals surface area contributed by atoms with Crippen molar-refractivity contribution >= 4 is 24.1 Å². The molecule has 1 heterocycles. The van der Waals surface area contributed by atoms with Gasteiger partial charge in [-0.05, 0) is 30.4 Å². The Labute approximate surface area is 119 Å². The molecule has 0 unspecified atom stereocenters. The highest BCUT2D eigenvalue weighted by atomic mass is 16.6. The van der Waals surface area contributed by atoms with Gasteiger partial charge in [0.1, 0.15) is 10.7 Å². The topological polar surface area (TPSA) is 97.7 Å². The van der Waals surface area contributed by atoms with Gasteiger partial charge in [0.05, 0.1) is 6.07 Å². The van der Waals surface area contributed by atoms with E-state index in [-0.39, 0.29) is 11.8 Å². The summed E-state index contributed by atoms with van der Waals surface area (Å²) in [5, 5.41) is 14.1. The predicted molar refractivity (Wildman–Crippen MR) is 76.8 cm³/mol. The number of nitro groups is 1. The molecular formula is C14H11N3O4. The van der Waals surface area contributed by atoms with Crippen molar-refractivity contribution < 1.29 is 14.1 Å². The van der Waals surface area contributed by atoms with Gasteiger partial charge in [0, 0.05) is 11.8 Å². The number of hydrazone groups is 1. The number of hydrogen-bond acceptors (Lipinski definition) is 5. The number of nitrogens with zero attached hydrogens (tertiary/aromatic N) is 2. The molecule has 21 heavy (non-hydrogen) atoms. The molecule has 1 amide bonds. The number of benzene rings is 1. The second-order valence-corrected chi connectivity index (χ2v) is 3.88. The number of hydrogen-bond donors (Lipinski definition) is 1. The zero-order valence-corrected chi connectivity index (χ0v) is 10.8. The Morgan fingerprint density at radius 2 is 2.00 bits per heavy atom. The van der Waals surface area contributed by atoms with Gasteiger partial charge in [0.15, 0.2) is 0 Å². The summed E-state index contributed by atoms with van der Waals surface area (Å²) < 4.78 is 4.91. The van der Waals surface area contributed by atoms with Crippen molar-refractivity contribution in [1.29, 1.82) is 0 Å². The molecule has 0 spiro atoms.